The first-order valence-corrected chi connectivity index (χ1v) is 11.4. The predicted molar refractivity (Wildman–Crippen MR) is 123 cm³/mol. The Hall–Kier alpha value is -2.51. The van der Waals surface area contributed by atoms with E-state index >= 15 is 0 Å². The van der Waals surface area contributed by atoms with Crippen LogP contribution in [0.15, 0.2) is 53.0 Å². The number of carbonyl (C=O) groups excluding carboxylic acids is 2. The Kier molecular flexibility index (Phi) is 6.01. The SMILES string of the molecule is Cc1ccc(C(=O)N2CCN(C(=O)c3ccc(-c4cccc(Br)c4)nc3C)CC2)s1. The fourth-order valence-corrected chi connectivity index (χ4v) is 4.82. The first kappa shape index (κ1) is 20.8. The number of rotatable bonds is 3. The van der Waals surface area contributed by atoms with E-state index in [2.05, 4.69) is 20.9 Å². The minimum absolute atomic E-state index is 0.0279. The zero-order valence-corrected chi connectivity index (χ0v) is 19.3. The van der Waals surface area contributed by atoms with Crippen molar-refractivity contribution in [1.82, 2.24) is 14.8 Å². The van der Waals surface area contributed by atoms with E-state index in [1.165, 1.54) is 11.3 Å². The second kappa shape index (κ2) is 8.70. The Morgan fingerprint density at radius 1 is 0.933 bits per heavy atom. The fraction of sp³-hybridized carbons (Fsp3) is 0.261. The number of benzene rings is 1. The van der Waals surface area contributed by atoms with Crippen molar-refractivity contribution in [3.63, 3.8) is 0 Å². The number of aryl methyl sites for hydroxylation is 2. The van der Waals surface area contributed by atoms with Gasteiger partial charge in [-0.3, -0.25) is 14.6 Å². The van der Waals surface area contributed by atoms with E-state index in [0.717, 1.165) is 25.5 Å². The molecule has 5 nitrogen and oxygen atoms in total. The molecule has 2 aromatic heterocycles. The summed E-state index contributed by atoms with van der Waals surface area (Å²) in [7, 11) is 0. The molecule has 0 atom stereocenters. The molecule has 1 aliphatic rings. The Bertz CT molecular complexity index is 1100. The number of hydrogen-bond acceptors (Lipinski definition) is 4. The monoisotopic (exact) mass is 483 g/mol. The summed E-state index contributed by atoms with van der Waals surface area (Å²) in [5.74, 6) is 0.0243. The lowest BCUT2D eigenvalue weighted by Gasteiger charge is -2.34. The highest BCUT2D eigenvalue weighted by Crippen LogP contribution is 2.24. The van der Waals surface area contributed by atoms with Crippen LogP contribution in [0, 0.1) is 13.8 Å². The van der Waals surface area contributed by atoms with Crippen LogP contribution in [0.5, 0.6) is 0 Å². The third kappa shape index (κ3) is 4.32. The number of aromatic nitrogens is 1. The second-order valence-corrected chi connectivity index (χ2v) is 9.54. The molecule has 0 N–H and O–H groups in total. The van der Waals surface area contributed by atoms with E-state index in [1.54, 1.807) is 0 Å². The van der Waals surface area contributed by atoms with Crippen molar-refractivity contribution in [2.75, 3.05) is 26.2 Å². The standard InChI is InChI=1S/C23H22BrN3O2S/c1-15-6-9-21(30-15)23(29)27-12-10-26(11-13-27)22(28)19-7-8-20(25-16(19)2)17-4-3-5-18(24)14-17/h3-9,14H,10-13H2,1-2H3. The van der Waals surface area contributed by atoms with Gasteiger partial charge in [0.05, 0.1) is 21.8 Å². The molecule has 0 bridgehead atoms. The van der Waals surface area contributed by atoms with Crippen molar-refractivity contribution < 1.29 is 9.59 Å². The van der Waals surface area contributed by atoms with Crippen LogP contribution in [0.3, 0.4) is 0 Å². The maximum Gasteiger partial charge on any atom is 0.264 e. The molecule has 1 fully saturated rings. The highest BCUT2D eigenvalue weighted by Gasteiger charge is 2.27. The van der Waals surface area contributed by atoms with Crippen LogP contribution < -0.4 is 0 Å². The Morgan fingerprint density at radius 2 is 1.63 bits per heavy atom. The van der Waals surface area contributed by atoms with Gasteiger partial charge in [0, 0.05) is 41.1 Å². The molecule has 1 saturated heterocycles. The zero-order chi connectivity index (χ0) is 21.3. The number of hydrogen-bond donors (Lipinski definition) is 0. The van der Waals surface area contributed by atoms with Gasteiger partial charge in [-0.15, -0.1) is 11.3 Å². The summed E-state index contributed by atoms with van der Waals surface area (Å²) in [5, 5.41) is 0. The van der Waals surface area contributed by atoms with Gasteiger partial charge < -0.3 is 9.80 Å². The number of pyridine rings is 1. The number of thiophene rings is 1. The lowest BCUT2D eigenvalue weighted by Crippen LogP contribution is -2.50. The molecule has 0 unspecified atom stereocenters. The van der Waals surface area contributed by atoms with Crippen LogP contribution in [0.1, 0.15) is 30.6 Å². The van der Waals surface area contributed by atoms with Crippen molar-refractivity contribution in [2.24, 2.45) is 0 Å². The maximum absolute atomic E-state index is 13.0. The number of piperazine rings is 1. The van der Waals surface area contributed by atoms with E-state index in [0.29, 0.717) is 37.4 Å². The molecule has 3 aromatic rings. The van der Waals surface area contributed by atoms with Gasteiger partial charge in [0.2, 0.25) is 0 Å². The summed E-state index contributed by atoms with van der Waals surface area (Å²) in [6, 6.07) is 15.5. The summed E-state index contributed by atoms with van der Waals surface area (Å²) in [6.07, 6.45) is 0. The molecular weight excluding hydrogens is 462 g/mol. The van der Waals surface area contributed by atoms with E-state index in [-0.39, 0.29) is 11.8 Å². The van der Waals surface area contributed by atoms with Gasteiger partial charge in [-0.1, -0.05) is 28.1 Å². The van der Waals surface area contributed by atoms with Crippen LogP contribution >= 0.6 is 27.3 Å². The van der Waals surface area contributed by atoms with Crippen molar-refractivity contribution >= 4 is 39.1 Å². The lowest BCUT2D eigenvalue weighted by molar-refractivity contribution is 0.0537. The van der Waals surface area contributed by atoms with Crippen molar-refractivity contribution in [3.05, 3.63) is 74.0 Å². The molecule has 2 amide bonds. The molecule has 154 valence electrons. The molecule has 0 radical (unpaired) electrons. The molecule has 30 heavy (non-hydrogen) atoms. The molecule has 1 aliphatic heterocycles. The van der Waals surface area contributed by atoms with Gasteiger partial charge in [0.25, 0.3) is 11.8 Å². The van der Waals surface area contributed by atoms with Gasteiger partial charge in [0.15, 0.2) is 0 Å². The van der Waals surface area contributed by atoms with E-state index in [4.69, 9.17) is 0 Å². The quantitative estimate of drug-likeness (QED) is 0.538. The first-order valence-electron chi connectivity index (χ1n) is 9.81. The molecule has 0 aliphatic carbocycles. The van der Waals surface area contributed by atoms with Gasteiger partial charge in [0.1, 0.15) is 0 Å². The van der Waals surface area contributed by atoms with E-state index in [9.17, 15) is 9.59 Å². The molecule has 3 heterocycles. The zero-order valence-electron chi connectivity index (χ0n) is 16.9. The average molecular weight is 484 g/mol. The highest BCUT2D eigenvalue weighted by atomic mass is 79.9. The van der Waals surface area contributed by atoms with Crippen molar-refractivity contribution in [2.45, 2.75) is 13.8 Å². The topological polar surface area (TPSA) is 53.5 Å². The molecule has 0 spiro atoms. The molecule has 0 saturated carbocycles. The highest BCUT2D eigenvalue weighted by molar-refractivity contribution is 9.10. The Balaban J connectivity index is 1.43. The number of amides is 2. The van der Waals surface area contributed by atoms with Gasteiger partial charge in [-0.05, 0) is 50.2 Å². The summed E-state index contributed by atoms with van der Waals surface area (Å²) in [6.45, 7) is 6.02. The molecule has 4 rings (SSSR count). The van der Waals surface area contributed by atoms with E-state index in [1.807, 2.05) is 72.2 Å². The van der Waals surface area contributed by atoms with Crippen LogP contribution in [0.4, 0.5) is 0 Å². The van der Waals surface area contributed by atoms with E-state index < -0.39 is 0 Å². The Morgan fingerprint density at radius 3 is 2.23 bits per heavy atom. The molecule has 7 heteroatoms. The summed E-state index contributed by atoms with van der Waals surface area (Å²) < 4.78 is 0.990. The third-order valence-electron chi connectivity index (χ3n) is 5.24. The second-order valence-electron chi connectivity index (χ2n) is 7.33. The molecular formula is C23H22BrN3O2S. The van der Waals surface area contributed by atoms with Crippen LogP contribution in [-0.2, 0) is 0 Å². The van der Waals surface area contributed by atoms with Crippen molar-refractivity contribution in [1.29, 1.82) is 0 Å². The molecule has 1 aromatic carbocycles. The summed E-state index contributed by atoms with van der Waals surface area (Å²) >= 11 is 5.00. The van der Waals surface area contributed by atoms with Gasteiger partial charge >= 0.3 is 0 Å². The fourth-order valence-electron chi connectivity index (χ4n) is 3.58. The predicted octanol–water partition coefficient (Wildman–Crippen LogP) is 4.79. The Labute approximate surface area is 188 Å². The smallest absolute Gasteiger partial charge is 0.264 e. The number of halogens is 1. The largest absolute Gasteiger partial charge is 0.335 e. The summed E-state index contributed by atoms with van der Waals surface area (Å²) in [4.78, 5) is 35.9. The van der Waals surface area contributed by atoms with Crippen LogP contribution in [0.25, 0.3) is 11.3 Å². The van der Waals surface area contributed by atoms with Crippen LogP contribution in [0.2, 0.25) is 0 Å². The number of nitrogens with zero attached hydrogens (tertiary/aromatic N) is 3. The maximum atomic E-state index is 13.0. The normalized spacial score (nSPS) is 14.1. The van der Waals surface area contributed by atoms with Crippen molar-refractivity contribution in [3.8, 4) is 11.3 Å². The lowest BCUT2D eigenvalue weighted by atomic mass is 10.1. The summed E-state index contributed by atoms with van der Waals surface area (Å²) in [5.41, 5.74) is 3.17. The number of carbonyl (C=O) groups is 2. The van der Waals surface area contributed by atoms with Gasteiger partial charge in [-0.25, -0.2) is 0 Å². The minimum Gasteiger partial charge on any atom is -0.335 e. The average Bonchev–Trinajstić information content (AvgIpc) is 3.19. The van der Waals surface area contributed by atoms with Gasteiger partial charge in [-0.2, -0.15) is 0 Å². The van der Waals surface area contributed by atoms with Crippen LogP contribution in [-0.4, -0.2) is 52.8 Å². The first-order chi connectivity index (χ1) is 14.4. The third-order valence-corrected chi connectivity index (χ3v) is 6.72. The minimum atomic E-state index is -0.0279.